The van der Waals surface area contributed by atoms with E-state index in [1.807, 2.05) is 0 Å². The monoisotopic (exact) mass is 1440 g/mol. The summed E-state index contributed by atoms with van der Waals surface area (Å²) in [5.41, 5.74) is 0. The van der Waals surface area contributed by atoms with Crippen molar-refractivity contribution >= 4 is 25.7 Å². The van der Waals surface area contributed by atoms with Crippen LogP contribution in [0, 0.1) is 0 Å². The summed E-state index contributed by atoms with van der Waals surface area (Å²) in [6.07, 6.45) is 14.4. The quantitative estimate of drug-likeness (QED) is 0.0117. The van der Waals surface area contributed by atoms with Crippen molar-refractivity contribution in [2.24, 2.45) is 0 Å². The van der Waals surface area contributed by atoms with E-state index < -0.39 is 156 Å². The summed E-state index contributed by atoms with van der Waals surface area (Å²) in [4.78, 5) is 51.0. The maximum Gasteiger partial charge on any atom is 0.472 e. The fraction of sp³-hybridized carbons (Fsp3) is 0.959. The van der Waals surface area contributed by atoms with Crippen LogP contribution in [0.1, 0.15) is 323 Å². The van der Waals surface area contributed by atoms with E-state index in [4.69, 9.17) is 42.2 Å². The van der Waals surface area contributed by atoms with Gasteiger partial charge in [0.05, 0.1) is 13.2 Å². The number of esters is 3. The molecule has 0 spiro atoms. The lowest BCUT2D eigenvalue weighted by Gasteiger charge is -2.49. The Morgan fingerprint density at radius 3 is 0.990 bits per heavy atom. The molecule has 1 saturated carbocycles. The molecule has 2 aliphatic heterocycles. The highest BCUT2D eigenvalue weighted by Crippen LogP contribution is 2.49. The average molecular weight is 1440 g/mol. The number of hydrogen-bond donors (Lipinski definition) is 11. The Hall–Kier alpha value is -2.04. The highest BCUT2D eigenvalue weighted by molar-refractivity contribution is 7.47. The summed E-state index contributed by atoms with van der Waals surface area (Å²) in [6.45, 7) is 3.49. The number of rotatable bonds is 62. The minimum absolute atomic E-state index is 0.0333. The van der Waals surface area contributed by atoms with Crippen LogP contribution in [0.4, 0.5) is 0 Å². The van der Waals surface area contributed by atoms with Gasteiger partial charge in [-0.25, -0.2) is 4.57 Å². The van der Waals surface area contributed by atoms with Crippen molar-refractivity contribution in [1.29, 1.82) is 0 Å². The lowest BCUT2D eigenvalue weighted by molar-refractivity contribution is -0.360. The molecular formula is C74H139O24P. The van der Waals surface area contributed by atoms with Crippen molar-refractivity contribution in [1.82, 2.24) is 0 Å². The average Bonchev–Trinajstić information content (AvgIpc) is 0.762. The molecule has 3 fully saturated rings. The summed E-state index contributed by atoms with van der Waals surface area (Å²) >= 11 is 0. The molecule has 11 N–H and O–H groups in total. The molecule has 3 rings (SSSR count). The van der Waals surface area contributed by atoms with Gasteiger partial charge in [0, 0.05) is 19.3 Å². The maximum atomic E-state index is 14.3. The van der Waals surface area contributed by atoms with Crippen LogP contribution in [0.25, 0.3) is 0 Å². The van der Waals surface area contributed by atoms with E-state index in [2.05, 4.69) is 20.8 Å². The first-order valence-electron chi connectivity index (χ1n) is 39.3. The fourth-order valence-corrected chi connectivity index (χ4v) is 14.2. The number of unbranched alkanes of at least 4 members (excludes halogenated alkanes) is 41. The molecule has 18 atom stereocenters. The van der Waals surface area contributed by atoms with E-state index in [0.29, 0.717) is 19.3 Å². The van der Waals surface area contributed by atoms with E-state index >= 15 is 0 Å². The standard InChI is InChI=1S/C74H139O24P/c1-4-7-10-13-16-19-22-25-27-29-32-34-37-40-43-46-49-59(77)91-54-57-62(80)64(82)69(87)74(95-57)97-71-67(85)65(83)66(84)70(96-73-68(86)63(81)61(79)56(51-75)94-73)72(71)98-99(88,89)92-53-55(93-60(78)50-47-44-41-38-35-30-24-21-18-15-12-9-6-3)52-90-58(76)48-45-42-39-36-33-31-28-26-23-20-17-14-11-8-5-2/h55-57,61-75,79-87H,4-54H2,1-3H3,(H,88,89). The highest BCUT2D eigenvalue weighted by atomic mass is 31.2. The zero-order chi connectivity index (χ0) is 72.5. The van der Waals surface area contributed by atoms with Gasteiger partial charge in [-0.15, -0.1) is 0 Å². The molecule has 25 heteroatoms. The molecule has 0 aromatic rings. The van der Waals surface area contributed by atoms with Crippen molar-refractivity contribution < 1.29 is 117 Å². The van der Waals surface area contributed by atoms with Crippen LogP contribution in [0.2, 0.25) is 0 Å². The number of aliphatic hydroxyl groups is 10. The van der Waals surface area contributed by atoms with Crippen LogP contribution in [0.5, 0.6) is 0 Å². The van der Waals surface area contributed by atoms with E-state index in [9.17, 15) is 74.9 Å². The van der Waals surface area contributed by atoms with Crippen molar-refractivity contribution in [3.05, 3.63) is 0 Å². The molecule has 24 nitrogen and oxygen atoms in total. The predicted octanol–water partition coefficient (Wildman–Crippen LogP) is 11.4. The minimum atomic E-state index is -5.69. The van der Waals surface area contributed by atoms with Gasteiger partial charge < -0.3 is 89.1 Å². The minimum Gasteiger partial charge on any atom is -0.463 e. The summed E-state index contributed by atoms with van der Waals surface area (Å²) in [7, 11) is -5.69. The number of ether oxygens (including phenoxy) is 7. The normalized spacial score (nSPS) is 27.4. The van der Waals surface area contributed by atoms with Crippen LogP contribution < -0.4 is 0 Å². The number of hydrogen-bond acceptors (Lipinski definition) is 23. The molecule has 0 aromatic heterocycles. The molecule has 99 heavy (non-hydrogen) atoms. The Balaban J connectivity index is 1.71. The van der Waals surface area contributed by atoms with Crippen LogP contribution in [-0.4, -0.2) is 204 Å². The first kappa shape index (κ1) is 91.2. The molecule has 0 radical (unpaired) electrons. The Morgan fingerprint density at radius 1 is 0.354 bits per heavy atom. The fourth-order valence-electron chi connectivity index (χ4n) is 13.2. The highest BCUT2D eigenvalue weighted by Gasteiger charge is 2.58. The van der Waals surface area contributed by atoms with Crippen LogP contribution in [-0.2, 0) is 61.2 Å². The predicted molar refractivity (Wildman–Crippen MR) is 375 cm³/mol. The third kappa shape index (κ3) is 39.2. The van der Waals surface area contributed by atoms with E-state index in [-0.39, 0.29) is 19.3 Å². The second-order valence-electron chi connectivity index (χ2n) is 28.4. The molecule has 0 amide bonds. The van der Waals surface area contributed by atoms with Gasteiger partial charge in [-0.2, -0.15) is 0 Å². The van der Waals surface area contributed by atoms with Crippen molar-refractivity contribution in [2.75, 3.05) is 26.4 Å². The largest absolute Gasteiger partial charge is 0.472 e. The van der Waals surface area contributed by atoms with Gasteiger partial charge in [-0.3, -0.25) is 23.4 Å². The van der Waals surface area contributed by atoms with Crippen molar-refractivity contribution in [3.63, 3.8) is 0 Å². The van der Waals surface area contributed by atoms with Gasteiger partial charge in [0.15, 0.2) is 18.7 Å². The summed E-state index contributed by atoms with van der Waals surface area (Å²) in [5.74, 6) is -1.97. The van der Waals surface area contributed by atoms with Gasteiger partial charge in [0.1, 0.15) is 98.7 Å². The van der Waals surface area contributed by atoms with Gasteiger partial charge in [-0.05, 0) is 19.3 Å². The van der Waals surface area contributed by atoms with Crippen LogP contribution in [0.3, 0.4) is 0 Å². The zero-order valence-corrected chi connectivity index (χ0v) is 61.9. The number of carbonyl (C=O) groups is 3. The zero-order valence-electron chi connectivity index (χ0n) is 61.1. The number of phosphoric ester groups is 1. The van der Waals surface area contributed by atoms with Gasteiger partial charge in [0.2, 0.25) is 0 Å². The molecule has 1 aliphatic carbocycles. The number of aliphatic hydroxyl groups excluding tert-OH is 10. The summed E-state index contributed by atoms with van der Waals surface area (Å²) in [6, 6.07) is 0. The molecule has 2 heterocycles. The lowest BCUT2D eigenvalue weighted by Crippen LogP contribution is -2.69. The molecule has 3 aliphatic rings. The van der Waals surface area contributed by atoms with Gasteiger partial charge in [-0.1, -0.05) is 284 Å². The lowest BCUT2D eigenvalue weighted by atomic mass is 9.84. The summed E-state index contributed by atoms with van der Waals surface area (Å²) < 4.78 is 65.1. The Labute approximate surface area is 593 Å². The van der Waals surface area contributed by atoms with Crippen LogP contribution in [0.15, 0.2) is 0 Å². The maximum absolute atomic E-state index is 14.3. The molecule has 0 bridgehead atoms. The SMILES string of the molecule is CCCCCCCCCCCCCCCCCCC(=O)OCC1OC(OC2C(O)C(O)C(O)C(OC3OC(CO)C(O)C(O)C3O)C2OP(=O)(O)OCC(COC(=O)CCCCCCCCCCCCCCCCC)OC(=O)CCCCCCCCCCCCCCC)C(O)C(O)C1O. The molecule has 584 valence electrons. The number of carbonyl (C=O) groups excluding carboxylic acids is 3. The third-order valence-electron chi connectivity index (χ3n) is 19.6. The smallest absolute Gasteiger partial charge is 0.463 e. The van der Waals surface area contributed by atoms with Gasteiger partial charge >= 0.3 is 25.7 Å². The summed E-state index contributed by atoms with van der Waals surface area (Å²) in [5, 5.41) is 110. The molecule has 18 unspecified atom stereocenters. The van der Waals surface area contributed by atoms with Crippen molar-refractivity contribution in [2.45, 2.75) is 427 Å². The molecule has 0 aromatic carbocycles. The topological polar surface area (TPSA) is 374 Å². The van der Waals surface area contributed by atoms with E-state index in [1.54, 1.807) is 0 Å². The Bertz CT molecular complexity index is 2050. The number of phosphoric acid groups is 1. The van der Waals surface area contributed by atoms with Crippen LogP contribution >= 0.6 is 7.82 Å². The first-order chi connectivity index (χ1) is 47.8. The Morgan fingerprint density at radius 2 is 0.646 bits per heavy atom. The molecule has 2 saturated heterocycles. The van der Waals surface area contributed by atoms with Gasteiger partial charge in [0.25, 0.3) is 0 Å². The van der Waals surface area contributed by atoms with Crippen molar-refractivity contribution in [3.8, 4) is 0 Å². The molecular weight excluding hydrogens is 1300 g/mol. The third-order valence-corrected chi connectivity index (χ3v) is 20.6. The Kier molecular flexibility index (Phi) is 51.9. The van der Waals surface area contributed by atoms with E-state index in [1.165, 1.54) is 173 Å². The second kappa shape index (κ2) is 56.3. The second-order valence-corrected chi connectivity index (χ2v) is 29.8. The first-order valence-corrected chi connectivity index (χ1v) is 40.8. The van der Waals surface area contributed by atoms with E-state index in [0.717, 1.165) is 89.9 Å².